The molecule has 0 spiro atoms. The molecule has 41 heavy (non-hydrogen) atoms. The largest absolute Gasteiger partial charge is 1.00 e. The number of hydrogen-bond donors (Lipinski definition) is 1. The van der Waals surface area contributed by atoms with Gasteiger partial charge in [0.05, 0.1) is 12.5 Å². The number of benzene rings is 1. The van der Waals surface area contributed by atoms with E-state index in [-0.39, 0.29) is 31.0 Å². The molecule has 0 saturated carbocycles. The Morgan fingerprint density at radius 2 is 1.17 bits per heavy atom. The van der Waals surface area contributed by atoms with Crippen LogP contribution in [0.15, 0.2) is 16.7 Å². The number of carbonyl (C=O) groups excluding carboxylic acids is 1. The number of carboxylic acid groups (broad SMARTS) is 1. The molecule has 24 heteroatoms. The van der Waals surface area contributed by atoms with Crippen LogP contribution in [0.2, 0.25) is 0 Å². The van der Waals surface area contributed by atoms with Gasteiger partial charge >= 0.3 is 60.6 Å². The summed E-state index contributed by atoms with van der Waals surface area (Å²) < 4.78 is 231. The summed E-state index contributed by atoms with van der Waals surface area (Å²) in [6.45, 7) is -1.20. The minimum atomic E-state index is -8.54. The minimum absolute atomic E-state index is 0. The molecule has 1 aromatic heterocycles. The summed E-state index contributed by atoms with van der Waals surface area (Å²) in [5.74, 6) is -58.8. The smallest absolute Gasteiger partial charge is 0.548 e. The SMILES string of the molecule is O=C([O-])CNc1c(F)cc(-c2nc(C(F)(F)C(F)(F)C(F)(F)C(F)(F)C(F)(F)C(F)(F)C(F)(F)F)no2)cc1F.[Li+]. The quantitative estimate of drug-likeness (QED) is 0.320. The predicted molar refractivity (Wildman–Crippen MR) is 87.8 cm³/mol. The molecule has 6 nitrogen and oxygen atoms in total. The fourth-order valence-electron chi connectivity index (χ4n) is 2.60. The van der Waals surface area contributed by atoms with Crippen molar-refractivity contribution in [3.8, 4) is 11.5 Å². The monoisotopic (exact) mass is 629 g/mol. The van der Waals surface area contributed by atoms with E-state index in [9.17, 15) is 84.5 Å². The van der Waals surface area contributed by atoms with Crippen molar-refractivity contribution in [2.24, 2.45) is 0 Å². The average molecular weight is 629 g/mol. The van der Waals surface area contributed by atoms with Gasteiger partial charge in [0.25, 0.3) is 5.89 Å². The van der Waals surface area contributed by atoms with Crippen LogP contribution in [0.25, 0.3) is 11.5 Å². The number of nitrogens with one attached hydrogen (secondary N) is 1. The molecule has 0 saturated heterocycles. The fraction of sp³-hybridized carbons (Fsp3) is 0.471. The third kappa shape index (κ3) is 5.49. The predicted octanol–water partition coefficient (Wildman–Crippen LogP) is 2.01. The van der Waals surface area contributed by atoms with E-state index in [1.165, 1.54) is 0 Å². The third-order valence-corrected chi connectivity index (χ3v) is 4.73. The Morgan fingerprint density at radius 1 is 0.756 bits per heavy atom. The van der Waals surface area contributed by atoms with Crippen molar-refractivity contribution in [1.82, 2.24) is 10.1 Å². The molecule has 0 fully saturated rings. The number of carboxylic acids is 1. The molecule has 1 aromatic carbocycles. The van der Waals surface area contributed by atoms with Gasteiger partial charge in [-0.2, -0.15) is 70.8 Å². The molecule has 1 N–H and O–H groups in total. The van der Waals surface area contributed by atoms with Gasteiger partial charge in [-0.15, -0.1) is 0 Å². The number of nitrogens with zero attached hydrogens (tertiary/aromatic N) is 2. The van der Waals surface area contributed by atoms with Gasteiger partial charge in [-0.1, -0.05) is 5.16 Å². The van der Waals surface area contributed by atoms with Gasteiger partial charge in [0.15, 0.2) is 0 Å². The number of anilines is 1. The van der Waals surface area contributed by atoms with Crippen LogP contribution in [-0.4, -0.2) is 58.4 Å². The normalized spacial score (nSPS) is 14.1. The molecule has 226 valence electrons. The molecule has 0 unspecified atom stereocenters. The van der Waals surface area contributed by atoms with E-state index >= 15 is 0 Å². The zero-order valence-corrected chi connectivity index (χ0v) is 18.9. The van der Waals surface area contributed by atoms with Gasteiger partial charge in [-0.3, -0.25) is 0 Å². The standard InChI is InChI=1S/C17H6F17N3O3.Li/c18-5-1-4(2-6(19)8(5)35-3-7(38)39)9-36-10(37-40-9)11(20,21)12(22,23)13(24,25)14(26,27)15(28,29)16(30,31)17(32,33)34;/h1-2,35H,3H2,(H,38,39);/q;+1/p-1. The number of aliphatic carboxylic acids is 1. The molecule has 0 radical (unpaired) electrons. The third-order valence-electron chi connectivity index (χ3n) is 4.73. The van der Waals surface area contributed by atoms with Gasteiger partial charge in [0, 0.05) is 5.56 Å². The number of alkyl halides is 15. The van der Waals surface area contributed by atoms with Crippen molar-refractivity contribution < 1.29 is 108 Å². The zero-order valence-electron chi connectivity index (χ0n) is 18.9. The molecular formula is C17H5F17LiN3O3. The molecular weight excluding hydrogens is 624 g/mol. The summed E-state index contributed by atoms with van der Waals surface area (Å²) in [5, 5.41) is 13.9. The van der Waals surface area contributed by atoms with E-state index in [1.807, 2.05) is 5.16 Å². The van der Waals surface area contributed by atoms with E-state index in [0.717, 1.165) is 0 Å². The van der Waals surface area contributed by atoms with Crippen LogP contribution in [0.1, 0.15) is 5.82 Å². The van der Waals surface area contributed by atoms with Crippen molar-refractivity contribution in [1.29, 1.82) is 0 Å². The van der Waals surface area contributed by atoms with Crippen LogP contribution < -0.4 is 29.3 Å². The first-order chi connectivity index (χ1) is 17.7. The van der Waals surface area contributed by atoms with E-state index in [1.54, 1.807) is 5.32 Å². The Hall–Kier alpha value is -2.96. The van der Waals surface area contributed by atoms with E-state index in [0.29, 0.717) is 0 Å². The summed E-state index contributed by atoms with van der Waals surface area (Å²) in [6.07, 6.45) is -7.77. The maximum Gasteiger partial charge on any atom is 1.00 e. The summed E-state index contributed by atoms with van der Waals surface area (Å²) in [4.78, 5) is 12.6. The van der Waals surface area contributed by atoms with E-state index < -0.39 is 88.8 Å². The van der Waals surface area contributed by atoms with Crippen molar-refractivity contribution in [2.75, 3.05) is 11.9 Å². The van der Waals surface area contributed by atoms with Crippen molar-refractivity contribution in [2.45, 2.75) is 41.7 Å². The fourth-order valence-corrected chi connectivity index (χ4v) is 2.60. The first-order valence-corrected chi connectivity index (χ1v) is 9.29. The Labute approximate surface area is 225 Å². The molecule has 0 amide bonds. The Balaban J connectivity index is 0.00000840. The molecule has 0 aliphatic heterocycles. The topological polar surface area (TPSA) is 91.1 Å². The summed E-state index contributed by atoms with van der Waals surface area (Å²) in [6, 6.07) is 0.105. The molecule has 0 bridgehead atoms. The van der Waals surface area contributed by atoms with E-state index in [4.69, 9.17) is 0 Å². The van der Waals surface area contributed by atoms with Crippen LogP contribution in [0.5, 0.6) is 0 Å². The van der Waals surface area contributed by atoms with Crippen LogP contribution in [0.3, 0.4) is 0 Å². The maximum absolute atomic E-state index is 14.2. The minimum Gasteiger partial charge on any atom is -0.548 e. The Morgan fingerprint density at radius 3 is 1.59 bits per heavy atom. The van der Waals surface area contributed by atoms with Crippen molar-refractivity contribution in [3.63, 3.8) is 0 Å². The van der Waals surface area contributed by atoms with Crippen molar-refractivity contribution >= 4 is 11.7 Å². The number of rotatable bonds is 10. The second kappa shape index (κ2) is 10.7. The number of carbonyl (C=O) groups is 1. The van der Waals surface area contributed by atoms with Gasteiger partial charge in [0.1, 0.15) is 17.3 Å². The number of aromatic nitrogens is 2. The van der Waals surface area contributed by atoms with Gasteiger partial charge in [0.2, 0.25) is 5.82 Å². The average Bonchev–Trinajstić information content (AvgIpc) is 3.28. The molecule has 1 heterocycles. The molecule has 0 atom stereocenters. The first-order valence-electron chi connectivity index (χ1n) is 9.29. The van der Waals surface area contributed by atoms with Crippen LogP contribution >= 0.6 is 0 Å². The Bertz CT molecular complexity index is 1260. The summed E-state index contributed by atoms with van der Waals surface area (Å²) in [5.41, 5.74) is -2.41. The maximum atomic E-state index is 14.2. The van der Waals surface area contributed by atoms with Gasteiger partial charge in [-0.25, -0.2) is 8.78 Å². The number of halogens is 17. The van der Waals surface area contributed by atoms with Crippen LogP contribution in [-0.2, 0) is 10.7 Å². The second-order valence-corrected chi connectivity index (χ2v) is 7.41. The molecule has 0 aliphatic rings. The van der Waals surface area contributed by atoms with Crippen LogP contribution in [0.4, 0.5) is 80.3 Å². The van der Waals surface area contributed by atoms with E-state index in [2.05, 4.69) is 9.51 Å². The Kier molecular flexibility index (Phi) is 9.41. The molecule has 2 rings (SSSR count). The summed E-state index contributed by atoms with van der Waals surface area (Å²) in [7, 11) is 0. The number of hydrogen-bond acceptors (Lipinski definition) is 6. The zero-order chi connectivity index (χ0) is 31.5. The van der Waals surface area contributed by atoms with Crippen molar-refractivity contribution in [3.05, 3.63) is 29.6 Å². The molecule has 0 aliphatic carbocycles. The van der Waals surface area contributed by atoms with Gasteiger partial charge in [-0.05, 0) is 12.1 Å². The second-order valence-electron chi connectivity index (χ2n) is 7.41. The summed E-state index contributed by atoms with van der Waals surface area (Å²) >= 11 is 0. The molecule has 2 aromatic rings. The van der Waals surface area contributed by atoms with Gasteiger partial charge < -0.3 is 19.7 Å². The first kappa shape index (κ1) is 36.1. The van der Waals surface area contributed by atoms with Crippen LogP contribution in [0, 0.1) is 11.6 Å².